The number of aromatic nitrogens is 2. The second-order valence-electron chi connectivity index (χ2n) is 4.29. The summed E-state index contributed by atoms with van der Waals surface area (Å²) in [6, 6.07) is 3.62. The molecule has 3 rings (SSSR count). The van der Waals surface area contributed by atoms with Crippen LogP contribution in [0.3, 0.4) is 0 Å². The van der Waals surface area contributed by atoms with E-state index in [4.69, 9.17) is 23.2 Å². The van der Waals surface area contributed by atoms with Gasteiger partial charge in [-0.05, 0) is 41.2 Å². The minimum atomic E-state index is -0.106. The van der Waals surface area contributed by atoms with Crippen molar-refractivity contribution in [2.75, 3.05) is 6.54 Å². The summed E-state index contributed by atoms with van der Waals surface area (Å²) in [4.78, 5) is 13.9. The standard InChI is InChI=1S/C12H9Cl2N3OS/c13-8-3-7-1-2-17(5-9(7)10(14)4-8)12(18)11-6-19-16-15-11/h3-4,6H,1-2,5H2. The van der Waals surface area contributed by atoms with E-state index in [0.717, 1.165) is 17.5 Å². The van der Waals surface area contributed by atoms with Gasteiger partial charge in [-0.2, -0.15) is 0 Å². The molecule has 0 spiro atoms. The number of carbonyl (C=O) groups is 1. The van der Waals surface area contributed by atoms with Crippen molar-refractivity contribution in [2.45, 2.75) is 13.0 Å². The maximum atomic E-state index is 12.2. The molecule has 0 aliphatic carbocycles. The molecule has 0 unspecified atom stereocenters. The number of nitrogens with zero attached hydrogens (tertiary/aromatic N) is 3. The summed E-state index contributed by atoms with van der Waals surface area (Å²) in [7, 11) is 0. The van der Waals surface area contributed by atoms with Crippen LogP contribution in [0.15, 0.2) is 17.5 Å². The van der Waals surface area contributed by atoms with Crippen molar-refractivity contribution in [3.05, 3.63) is 44.4 Å². The molecular formula is C12H9Cl2N3OS. The number of amides is 1. The molecule has 19 heavy (non-hydrogen) atoms. The smallest absolute Gasteiger partial charge is 0.275 e. The van der Waals surface area contributed by atoms with Crippen LogP contribution in [0.4, 0.5) is 0 Å². The quantitative estimate of drug-likeness (QED) is 0.813. The zero-order chi connectivity index (χ0) is 13.4. The summed E-state index contributed by atoms with van der Waals surface area (Å²) < 4.78 is 3.71. The molecule has 0 radical (unpaired) electrons. The Labute approximate surface area is 124 Å². The summed E-state index contributed by atoms with van der Waals surface area (Å²) in [5.41, 5.74) is 2.46. The summed E-state index contributed by atoms with van der Waals surface area (Å²) in [6.45, 7) is 1.13. The van der Waals surface area contributed by atoms with Gasteiger partial charge in [-0.15, -0.1) is 5.10 Å². The van der Waals surface area contributed by atoms with Gasteiger partial charge in [-0.1, -0.05) is 27.7 Å². The number of halogens is 2. The molecule has 4 nitrogen and oxygen atoms in total. The first-order valence-electron chi connectivity index (χ1n) is 5.68. The lowest BCUT2D eigenvalue weighted by Gasteiger charge is -2.29. The van der Waals surface area contributed by atoms with Crippen molar-refractivity contribution in [1.82, 2.24) is 14.5 Å². The molecular weight excluding hydrogens is 305 g/mol. The second-order valence-corrected chi connectivity index (χ2v) is 5.75. The third-order valence-corrected chi connectivity index (χ3v) is 4.18. The van der Waals surface area contributed by atoms with Gasteiger partial charge in [-0.25, -0.2) is 0 Å². The Balaban J connectivity index is 1.88. The molecule has 1 aliphatic rings. The number of hydrogen-bond donors (Lipinski definition) is 0. The fourth-order valence-corrected chi connectivity index (χ4v) is 3.20. The Morgan fingerprint density at radius 2 is 2.21 bits per heavy atom. The maximum Gasteiger partial charge on any atom is 0.275 e. The molecule has 0 bridgehead atoms. The Kier molecular flexibility index (Phi) is 3.43. The predicted molar refractivity (Wildman–Crippen MR) is 74.8 cm³/mol. The van der Waals surface area contributed by atoms with E-state index >= 15 is 0 Å². The first-order chi connectivity index (χ1) is 9.15. The Hall–Kier alpha value is -1.17. The minimum Gasteiger partial charge on any atom is -0.333 e. The molecule has 0 saturated heterocycles. The van der Waals surface area contributed by atoms with Gasteiger partial charge in [0.25, 0.3) is 5.91 Å². The first-order valence-corrected chi connectivity index (χ1v) is 7.27. The molecule has 0 atom stereocenters. The minimum absolute atomic E-state index is 0.106. The molecule has 98 valence electrons. The molecule has 1 aromatic heterocycles. The monoisotopic (exact) mass is 313 g/mol. The van der Waals surface area contributed by atoms with Gasteiger partial charge in [0.2, 0.25) is 0 Å². The summed E-state index contributed by atoms with van der Waals surface area (Å²) in [5.74, 6) is -0.106. The number of benzene rings is 1. The third-order valence-electron chi connectivity index (χ3n) is 3.12. The first kappa shape index (κ1) is 12.8. The zero-order valence-corrected chi connectivity index (χ0v) is 12.1. The fraction of sp³-hybridized carbons (Fsp3) is 0.250. The summed E-state index contributed by atoms with van der Waals surface area (Å²) in [5, 5.41) is 6.70. The highest BCUT2D eigenvalue weighted by atomic mass is 35.5. The highest BCUT2D eigenvalue weighted by molar-refractivity contribution is 7.03. The summed E-state index contributed by atoms with van der Waals surface area (Å²) >= 11 is 13.3. The Bertz CT molecular complexity index is 630. The van der Waals surface area contributed by atoms with Crippen LogP contribution >= 0.6 is 34.7 Å². The third kappa shape index (κ3) is 2.45. The molecule has 1 aliphatic heterocycles. The van der Waals surface area contributed by atoms with E-state index in [1.54, 1.807) is 16.3 Å². The van der Waals surface area contributed by atoms with Gasteiger partial charge in [0, 0.05) is 28.5 Å². The molecule has 1 aromatic carbocycles. The zero-order valence-electron chi connectivity index (χ0n) is 9.77. The van der Waals surface area contributed by atoms with Crippen LogP contribution in [0.2, 0.25) is 10.0 Å². The lowest BCUT2D eigenvalue weighted by molar-refractivity contribution is 0.0729. The SMILES string of the molecule is O=C(c1csnn1)N1CCc2cc(Cl)cc(Cl)c2C1. The van der Waals surface area contributed by atoms with Gasteiger partial charge in [-0.3, -0.25) is 4.79 Å². The van der Waals surface area contributed by atoms with Crippen LogP contribution in [0, 0.1) is 0 Å². The van der Waals surface area contributed by atoms with Gasteiger partial charge >= 0.3 is 0 Å². The van der Waals surface area contributed by atoms with E-state index in [1.165, 1.54) is 11.5 Å². The largest absolute Gasteiger partial charge is 0.333 e. The molecule has 0 saturated carbocycles. The normalized spacial score (nSPS) is 14.3. The van der Waals surface area contributed by atoms with Crippen LogP contribution in [-0.4, -0.2) is 26.9 Å². The lowest BCUT2D eigenvalue weighted by atomic mass is 9.99. The Morgan fingerprint density at radius 3 is 2.95 bits per heavy atom. The molecule has 1 amide bonds. The van der Waals surface area contributed by atoms with Crippen LogP contribution in [0.25, 0.3) is 0 Å². The van der Waals surface area contributed by atoms with Crippen molar-refractivity contribution in [1.29, 1.82) is 0 Å². The molecule has 2 aromatic rings. The lowest BCUT2D eigenvalue weighted by Crippen LogP contribution is -2.36. The second kappa shape index (κ2) is 5.07. The highest BCUT2D eigenvalue weighted by Gasteiger charge is 2.25. The average molecular weight is 314 g/mol. The van der Waals surface area contributed by atoms with Crippen molar-refractivity contribution < 1.29 is 4.79 Å². The van der Waals surface area contributed by atoms with Crippen LogP contribution in [0.1, 0.15) is 21.6 Å². The van der Waals surface area contributed by atoms with E-state index < -0.39 is 0 Å². The van der Waals surface area contributed by atoms with Gasteiger partial charge in [0.1, 0.15) is 0 Å². The average Bonchev–Trinajstić information content (AvgIpc) is 2.91. The van der Waals surface area contributed by atoms with Crippen molar-refractivity contribution in [2.24, 2.45) is 0 Å². The number of hydrogen-bond acceptors (Lipinski definition) is 4. The van der Waals surface area contributed by atoms with Crippen molar-refractivity contribution in [3.8, 4) is 0 Å². The molecule has 0 N–H and O–H groups in total. The van der Waals surface area contributed by atoms with Crippen LogP contribution in [-0.2, 0) is 13.0 Å². The molecule has 2 heterocycles. The Morgan fingerprint density at radius 1 is 1.37 bits per heavy atom. The number of carbonyl (C=O) groups excluding carboxylic acids is 1. The van der Waals surface area contributed by atoms with E-state index in [1.807, 2.05) is 6.07 Å². The number of rotatable bonds is 1. The van der Waals surface area contributed by atoms with Crippen molar-refractivity contribution >= 4 is 40.6 Å². The topological polar surface area (TPSA) is 46.1 Å². The maximum absolute atomic E-state index is 12.2. The van der Waals surface area contributed by atoms with Gasteiger partial charge in [0.15, 0.2) is 5.69 Å². The van der Waals surface area contributed by atoms with Crippen LogP contribution in [0.5, 0.6) is 0 Å². The van der Waals surface area contributed by atoms with Crippen LogP contribution < -0.4 is 0 Å². The highest BCUT2D eigenvalue weighted by Crippen LogP contribution is 2.30. The van der Waals surface area contributed by atoms with E-state index in [9.17, 15) is 4.79 Å². The fourth-order valence-electron chi connectivity index (χ4n) is 2.18. The van der Waals surface area contributed by atoms with E-state index in [0.29, 0.717) is 28.8 Å². The summed E-state index contributed by atoms with van der Waals surface area (Å²) in [6.07, 6.45) is 0.749. The molecule has 0 fully saturated rings. The van der Waals surface area contributed by atoms with E-state index in [2.05, 4.69) is 9.59 Å². The molecule has 7 heteroatoms. The predicted octanol–water partition coefficient (Wildman–Crippen LogP) is 3.04. The number of fused-ring (bicyclic) bond motifs is 1. The van der Waals surface area contributed by atoms with Crippen molar-refractivity contribution in [3.63, 3.8) is 0 Å². The van der Waals surface area contributed by atoms with Gasteiger partial charge in [0.05, 0.1) is 0 Å². The van der Waals surface area contributed by atoms with E-state index in [-0.39, 0.29) is 5.91 Å². The van der Waals surface area contributed by atoms with Gasteiger partial charge < -0.3 is 4.90 Å².